The van der Waals surface area contributed by atoms with Crippen LogP contribution in [0.25, 0.3) is 0 Å². The van der Waals surface area contributed by atoms with Crippen LogP contribution in [-0.2, 0) is 6.54 Å². The number of amides is 1. The van der Waals surface area contributed by atoms with Gasteiger partial charge in [-0.25, -0.2) is 9.78 Å². The van der Waals surface area contributed by atoms with Gasteiger partial charge in [-0.05, 0) is 24.6 Å². The third-order valence-electron chi connectivity index (χ3n) is 3.07. The fourth-order valence-corrected chi connectivity index (χ4v) is 1.94. The Morgan fingerprint density at radius 2 is 2.19 bits per heavy atom. The highest BCUT2D eigenvalue weighted by atomic mass is 16.4. The zero-order chi connectivity index (χ0) is 15.4. The Balaban J connectivity index is 2.19. The van der Waals surface area contributed by atoms with Crippen molar-refractivity contribution in [2.24, 2.45) is 5.73 Å². The lowest BCUT2D eigenvalue weighted by Crippen LogP contribution is -2.14. The van der Waals surface area contributed by atoms with Gasteiger partial charge >= 0.3 is 5.97 Å². The van der Waals surface area contributed by atoms with Crippen molar-refractivity contribution in [2.45, 2.75) is 13.5 Å². The van der Waals surface area contributed by atoms with Crippen LogP contribution in [0.2, 0.25) is 0 Å². The summed E-state index contributed by atoms with van der Waals surface area (Å²) >= 11 is 0. The molecule has 1 aromatic heterocycles. The van der Waals surface area contributed by atoms with Crippen LogP contribution in [0.5, 0.6) is 0 Å². The second-order valence-electron chi connectivity index (χ2n) is 4.52. The first-order chi connectivity index (χ1) is 10.0. The van der Waals surface area contributed by atoms with E-state index in [4.69, 9.17) is 10.8 Å². The van der Waals surface area contributed by atoms with E-state index < -0.39 is 11.9 Å². The van der Waals surface area contributed by atoms with Gasteiger partial charge in [0.1, 0.15) is 5.69 Å². The van der Waals surface area contributed by atoms with E-state index in [-0.39, 0.29) is 11.3 Å². The lowest BCUT2D eigenvalue weighted by atomic mass is 10.1. The van der Waals surface area contributed by atoms with Crippen LogP contribution >= 0.6 is 0 Å². The highest BCUT2D eigenvalue weighted by Crippen LogP contribution is 2.19. The number of benzene rings is 1. The van der Waals surface area contributed by atoms with Crippen LogP contribution in [0.4, 0.5) is 5.69 Å². The summed E-state index contributed by atoms with van der Waals surface area (Å²) in [5.74, 6) is -1.42. The molecule has 1 amide bonds. The van der Waals surface area contributed by atoms with E-state index in [1.54, 1.807) is 29.8 Å². The molecule has 0 aliphatic rings. The topological polar surface area (TPSA) is 110 Å². The van der Waals surface area contributed by atoms with Gasteiger partial charge in [-0.1, -0.05) is 6.07 Å². The molecule has 2 rings (SSSR count). The maximum Gasteiger partial charge on any atom is 0.336 e. The van der Waals surface area contributed by atoms with Gasteiger partial charge < -0.3 is 20.7 Å². The second-order valence-corrected chi connectivity index (χ2v) is 4.52. The largest absolute Gasteiger partial charge is 0.478 e. The first-order valence-corrected chi connectivity index (χ1v) is 6.39. The Bertz CT molecular complexity index is 679. The summed E-state index contributed by atoms with van der Waals surface area (Å²) in [6.07, 6.45) is 3.13. The lowest BCUT2D eigenvalue weighted by molar-refractivity contribution is 0.0695. The van der Waals surface area contributed by atoms with Crippen LogP contribution in [0, 0.1) is 6.92 Å². The molecule has 2 aromatic rings. The fourth-order valence-electron chi connectivity index (χ4n) is 1.94. The molecule has 0 saturated carbocycles. The molecular weight excluding hydrogens is 272 g/mol. The van der Waals surface area contributed by atoms with Gasteiger partial charge in [0.15, 0.2) is 0 Å². The molecule has 0 unspecified atom stereocenters. The van der Waals surface area contributed by atoms with Crippen LogP contribution in [0.3, 0.4) is 0 Å². The first kappa shape index (κ1) is 14.7. The average molecular weight is 288 g/mol. The Morgan fingerprint density at radius 3 is 2.86 bits per heavy atom. The molecule has 0 bridgehead atoms. The van der Waals surface area contributed by atoms with Gasteiger partial charge in [-0.15, -0.1) is 0 Å². The Morgan fingerprint density at radius 1 is 1.43 bits per heavy atom. The molecule has 0 radical (unpaired) electrons. The van der Waals surface area contributed by atoms with Crippen molar-refractivity contribution >= 4 is 17.6 Å². The minimum atomic E-state index is -1.03. The predicted octanol–water partition coefficient (Wildman–Crippen LogP) is 1.10. The molecule has 7 heteroatoms. The van der Waals surface area contributed by atoms with Crippen molar-refractivity contribution in [3.05, 3.63) is 47.5 Å². The van der Waals surface area contributed by atoms with E-state index >= 15 is 0 Å². The molecule has 0 atom stereocenters. The molecule has 0 spiro atoms. The Labute approximate surface area is 121 Å². The van der Waals surface area contributed by atoms with Gasteiger partial charge in [0.2, 0.25) is 0 Å². The minimum absolute atomic E-state index is 0.154. The Kier molecular flexibility index (Phi) is 4.34. The number of carboxylic acid groups (broad SMARTS) is 1. The van der Waals surface area contributed by atoms with Crippen molar-refractivity contribution in [1.29, 1.82) is 0 Å². The normalized spacial score (nSPS) is 10.4. The van der Waals surface area contributed by atoms with Crippen LogP contribution in [0.1, 0.15) is 26.4 Å². The molecule has 0 fully saturated rings. The number of carbonyl (C=O) groups excluding carboxylic acids is 1. The van der Waals surface area contributed by atoms with Crippen molar-refractivity contribution in [3.8, 4) is 0 Å². The SMILES string of the molecule is Cc1c(NC(=O)c2cn(CCN)cn2)cccc1C(=O)O. The van der Waals surface area contributed by atoms with E-state index in [1.807, 2.05) is 0 Å². The zero-order valence-electron chi connectivity index (χ0n) is 11.5. The number of aromatic carboxylic acids is 1. The monoisotopic (exact) mass is 288 g/mol. The smallest absolute Gasteiger partial charge is 0.336 e. The quantitative estimate of drug-likeness (QED) is 0.763. The van der Waals surface area contributed by atoms with E-state index in [9.17, 15) is 9.59 Å². The summed E-state index contributed by atoms with van der Waals surface area (Å²) < 4.78 is 1.72. The molecule has 21 heavy (non-hydrogen) atoms. The number of hydrogen-bond acceptors (Lipinski definition) is 4. The minimum Gasteiger partial charge on any atom is -0.478 e. The molecule has 110 valence electrons. The molecule has 1 aromatic carbocycles. The van der Waals surface area contributed by atoms with Crippen LogP contribution < -0.4 is 11.1 Å². The maximum absolute atomic E-state index is 12.1. The molecule has 1 heterocycles. The van der Waals surface area contributed by atoms with Gasteiger partial charge in [-0.3, -0.25) is 4.79 Å². The molecular formula is C14H16N4O3. The van der Waals surface area contributed by atoms with Crippen LogP contribution in [0.15, 0.2) is 30.7 Å². The van der Waals surface area contributed by atoms with Crippen LogP contribution in [-0.4, -0.2) is 33.1 Å². The summed E-state index contributed by atoms with van der Waals surface area (Å²) in [6, 6.07) is 4.72. The summed E-state index contributed by atoms with van der Waals surface area (Å²) in [6.45, 7) is 2.68. The number of nitrogens with zero attached hydrogens (tertiary/aromatic N) is 2. The van der Waals surface area contributed by atoms with Gasteiger partial charge in [0, 0.05) is 25.0 Å². The summed E-state index contributed by atoms with van der Waals surface area (Å²) in [5.41, 5.74) is 6.79. The number of aromatic nitrogens is 2. The number of hydrogen-bond donors (Lipinski definition) is 3. The molecule has 7 nitrogen and oxygen atoms in total. The highest BCUT2D eigenvalue weighted by Gasteiger charge is 2.14. The third-order valence-corrected chi connectivity index (χ3v) is 3.07. The Hall–Kier alpha value is -2.67. The molecule has 0 aliphatic heterocycles. The highest BCUT2D eigenvalue weighted by molar-refractivity contribution is 6.04. The molecule has 0 saturated heterocycles. The van der Waals surface area contributed by atoms with E-state index in [1.165, 1.54) is 12.4 Å². The lowest BCUT2D eigenvalue weighted by Gasteiger charge is -2.09. The van der Waals surface area contributed by atoms with Crippen molar-refractivity contribution in [1.82, 2.24) is 9.55 Å². The van der Waals surface area contributed by atoms with Gasteiger partial charge in [-0.2, -0.15) is 0 Å². The van der Waals surface area contributed by atoms with Crippen molar-refractivity contribution < 1.29 is 14.7 Å². The predicted molar refractivity (Wildman–Crippen MR) is 77.4 cm³/mol. The first-order valence-electron chi connectivity index (χ1n) is 6.39. The van der Waals surface area contributed by atoms with E-state index in [2.05, 4.69) is 10.3 Å². The molecule has 0 aliphatic carbocycles. The average Bonchev–Trinajstić information content (AvgIpc) is 2.90. The van der Waals surface area contributed by atoms with E-state index in [0.29, 0.717) is 24.3 Å². The second kappa shape index (κ2) is 6.19. The summed E-state index contributed by atoms with van der Waals surface area (Å²) in [7, 11) is 0. The van der Waals surface area contributed by atoms with Crippen molar-refractivity contribution in [2.75, 3.05) is 11.9 Å². The number of imidazole rings is 1. The summed E-state index contributed by atoms with van der Waals surface area (Å²) in [4.78, 5) is 27.2. The number of anilines is 1. The molecule has 4 N–H and O–H groups in total. The van der Waals surface area contributed by atoms with E-state index in [0.717, 1.165) is 0 Å². The number of nitrogens with one attached hydrogen (secondary N) is 1. The van der Waals surface area contributed by atoms with Crippen molar-refractivity contribution in [3.63, 3.8) is 0 Å². The number of carbonyl (C=O) groups is 2. The number of rotatable bonds is 5. The standard InChI is InChI=1S/C14H16N4O3/c1-9-10(14(20)21)3-2-4-11(9)17-13(19)12-7-18(6-5-15)8-16-12/h2-4,7-8H,5-6,15H2,1H3,(H,17,19)(H,20,21). The van der Waals surface area contributed by atoms with Gasteiger partial charge in [0.05, 0.1) is 11.9 Å². The summed E-state index contributed by atoms with van der Waals surface area (Å²) in [5, 5.41) is 11.7. The zero-order valence-corrected chi connectivity index (χ0v) is 11.5. The third kappa shape index (κ3) is 3.26. The number of carboxylic acids is 1. The fraction of sp³-hybridized carbons (Fsp3) is 0.214. The van der Waals surface area contributed by atoms with Gasteiger partial charge in [0.25, 0.3) is 5.91 Å². The number of nitrogens with two attached hydrogens (primary N) is 1. The maximum atomic E-state index is 12.1.